The van der Waals surface area contributed by atoms with Crippen molar-refractivity contribution in [1.82, 2.24) is 0 Å². The Balaban J connectivity index is 3.75. The van der Waals surface area contributed by atoms with E-state index in [1.54, 1.807) is 0 Å². The highest BCUT2D eigenvalue weighted by Crippen LogP contribution is 2.16. The van der Waals surface area contributed by atoms with E-state index in [4.69, 9.17) is 11.6 Å². The molecule has 0 unspecified atom stereocenters. The molecule has 0 aliphatic rings. The topological polar surface area (TPSA) is 0 Å². The molecule has 0 fully saturated rings. The highest BCUT2D eigenvalue weighted by molar-refractivity contribution is 6.17. The first kappa shape index (κ1) is 28.2. The van der Waals surface area contributed by atoms with Gasteiger partial charge < -0.3 is 4.48 Å². The lowest BCUT2D eigenvalue weighted by atomic mass is 10.1. The van der Waals surface area contributed by atoms with Crippen molar-refractivity contribution in [3.8, 4) is 0 Å². The first-order valence-electron chi connectivity index (χ1n) is 13.1. The van der Waals surface area contributed by atoms with Crippen LogP contribution in [0.2, 0.25) is 0 Å². The van der Waals surface area contributed by atoms with Gasteiger partial charge in [0, 0.05) is 12.3 Å². The fourth-order valence-electron chi connectivity index (χ4n) is 4.39. The molecule has 0 spiro atoms. The van der Waals surface area contributed by atoms with Gasteiger partial charge in [-0.2, -0.15) is 0 Å². The van der Waals surface area contributed by atoms with Crippen LogP contribution in [-0.2, 0) is 0 Å². The van der Waals surface area contributed by atoms with Crippen molar-refractivity contribution in [3.63, 3.8) is 0 Å². The smallest absolute Gasteiger partial charge is 0.0796 e. The second kappa shape index (κ2) is 21.9. The van der Waals surface area contributed by atoms with E-state index in [0.717, 1.165) is 5.88 Å². The standard InChI is InChI=1S/C26H55ClN/c1-4-6-8-10-12-14-16-18-20-24-28(3,26-22-23-27)25-21-19-17-15-13-11-9-7-5-2/h4-26H2,1-3H3/q+1. The highest BCUT2D eigenvalue weighted by atomic mass is 35.5. The third kappa shape index (κ3) is 19.6. The molecule has 0 saturated heterocycles. The van der Waals surface area contributed by atoms with Gasteiger partial charge in [-0.1, -0.05) is 104 Å². The summed E-state index contributed by atoms with van der Waals surface area (Å²) in [6.07, 6.45) is 26.9. The molecule has 0 aromatic carbocycles. The summed E-state index contributed by atoms with van der Waals surface area (Å²) in [5.41, 5.74) is 0. The van der Waals surface area contributed by atoms with Crippen LogP contribution in [0, 0.1) is 0 Å². The van der Waals surface area contributed by atoms with Crippen LogP contribution in [0.4, 0.5) is 0 Å². The first-order valence-corrected chi connectivity index (χ1v) is 13.6. The molecule has 28 heavy (non-hydrogen) atoms. The number of unbranched alkanes of at least 4 members (excludes halogenated alkanes) is 16. The van der Waals surface area contributed by atoms with E-state index >= 15 is 0 Å². The Morgan fingerprint density at radius 2 is 0.714 bits per heavy atom. The van der Waals surface area contributed by atoms with E-state index in [1.165, 1.54) is 146 Å². The van der Waals surface area contributed by atoms with Gasteiger partial charge in [-0.15, -0.1) is 11.6 Å². The van der Waals surface area contributed by atoms with Crippen LogP contribution in [0.1, 0.15) is 136 Å². The van der Waals surface area contributed by atoms with E-state index in [-0.39, 0.29) is 0 Å². The third-order valence-corrected chi connectivity index (χ3v) is 6.70. The van der Waals surface area contributed by atoms with Crippen molar-refractivity contribution < 1.29 is 4.48 Å². The monoisotopic (exact) mass is 416 g/mol. The Bertz CT molecular complexity index is 270. The third-order valence-electron chi connectivity index (χ3n) is 6.43. The van der Waals surface area contributed by atoms with Gasteiger partial charge in [0.25, 0.3) is 0 Å². The zero-order chi connectivity index (χ0) is 20.8. The molecule has 0 rings (SSSR count). The van der Waals surface area contributed by atoms with E-state index < -0.39 is 0 Å². The molecule has 0 radical (unpaired) electrons. The average molecular weight is 417 g/mol. The molecular weight excluding hydrogens is 362 g/mol. The molecule has 0 N–H and O–H groups in total. The van der Waals surface area contributed by atoms with Crippen molar-refractivity contribution in [2.75, 3.05) is 32.6 Å². The SMILES string of the molecule is CCCCCCCCCCC[N+](C)(CCCCl)CCCCCCCCCCC. The van der Waals surface area contributed by atoms with Gasteiger partial charge in [0.1, 0.15) is 0 Å². The minimum Gasteiger partial charge on any atom is -0.326 e. The summed E-state index contributed by atoms with van der Waals surface area (Å²) in [5.74, 6) is 0.823. The number of hydrogen-bond donors (Lipinski definition) is 0. The first-order chi connectivity index (χ1) is 13.7. The molecule has 0 heterocycles. The minimum atomic E-state index is 0.823. The zero-order valence-corrected chi connectivity index (χ0v) is 20.8. The van der Waals surface area contributed by atoms with Crippen molar-refractivity contribution in [2.45, 2.75) is 136 Å². The molecule has 0 aliphatic carbocycles. The molecule has 0 aliphatic heterocycles. The largest absolute Gasteiger partial charge is 0.326 e. The molecule has 0 aromatic heterocycles. The summed E-state index contributed by atoms with van der Waals surface area (Å²) in [4.78, 5) is 0. The normalized spacial score (nSPS) is 12.0. The summed E-state index contributed by atoms with van der Waals surface area (Å²) in [6.45, 7) is 8.60. The number of quaternary nitrogens is 1. The summed E-state index contributed by atoms with van der Waals surface area (Å²) in [5, 5.41) is 0. The fraction of sp³-hybridized carbons (Fsp3) is 1.00. The van der Waals surface area contributed by atoms with Crippen LogP contribution in [-0.4, -0.2) is 37.0 Å². The minimum absolute atomic E-state index is 0.823. The molecule has 0 saturated carbocycles. The number of rotatable bonds is 23. The molecule has 2 heteroatoms. The fourth-order valence-corrected chi connectivity index (χ4v) is 4.50. The number of nitrogens with zero attached hydrogens (tertiary/aromatic N) is 1. The summed E-state index contributed by atoms with van der Waals surface area (Å²) in [7, 11) is 2.49. The van der Waals surface area contributed by atoms with Crippen LogP contribution < -0.4 is 0 Å². The number of alkyl halides is 1. The Labute approximate surface area is 184 Å². The van der Waals surface area contributed by atoms with Crippen LogP contribution in [0.5, 0.6) is 0 Å². The van der Waals surface area contributed by atoms with Crippen molar-refractivity contribution in [3.05, 3.63) is 0 Å². The van der Waals surface area contributed by atoms with E-state index in [9.17, 15) is 0 Å². The quantitative estimate of drug-likeness (QED) is 0.0884. The lowest BCUT2D eigenvalue weighted by Gasteiger charge is -2.35. The predicted molar refractivity (Wildman–Crippen MR) is 131 cm³/mol. The summed E-state index contributed by atoms with van der Waals surface area (Å²) in [6, 6.07) is 0. The summed E-state index contributed by atoms with van der Waals surface area (Å²) >= 11 is 6.01. The van der Waals surface area contributed by atoms with E-state index in [1.807, 2.05) is 0 Å². The van der Waals surface area contributed by atoms with Crippen LogP contribution in [0.15, 0.2) is 0 Å². The van der Waals surface area contributed by atoms with Crippen molar-refractivity contribution in [1.29, 1.82) is 0 Å². The molecule has 170 valence electrons. The van der Waals surface area contributed by atoms with Gasteiger partial charge in [-0.05, 0) is 25.7 Å². The van der Waals surface area contributed by atoms with Crippen LogP contribution in [0.25, 0.3) is 0 Å². The van der Waals surface area contributed by atoms with Gasteiger partial charge in [0.2, 0.25) is 0 Å². The molecule has 0 atom stereocenters. The van der Waals surface area contributed by atoms with Gasteiger partial charge in [0.15, 0.2) is 0 Å². The Kier molecular flexibility index (Phi) is 22.1. The predicted octanol–water partition coefficient (Wildman–Crippen LogP) is 9.12. The lowest BCUT2D eigenvalue weighted by Crippen LogP contribution is -2.46. The summed E-state index contributed by atoms with van der Waals surface area (Å²) < 4.78 is 1.26. The molecule has 0 bridgehead atoms. The van der Waals surface area contributed by atoms with Gasteiger partial charge >= 0.3 is 0 Å². The van der Waals surface area contributed by atoms with Gasteiger partial charge in [-0.3, -0.25) is 0 Å². The van der Waals surface area contributed by atoms with E-state index in [2.05, 4.69) is 20.9 Å². The molecule has 1 nitrogen and oxygen atoms in total. The average Bonchev–Trinajstić information content (AvgIpc) is 2.70. The number of hydrogen-bond acceptors (Lipinski definition) is 0. The molecule has 0 aromatic rings. The Morgan fingerprint density at radius 3 is 1.04 bits per heavy atom. The zero-order valence-electron chi connectivity index (χ0n) is 20.1. The van der Waals surface area contributed by atoms with Crippen LogP contribution in [0.3, 0.4) is 0 Å². The maximum atomic E-state index is 6.01. The lowest BCUT2D eigenvalue weighted by molar-refractivity contribution is -0.910. The second-order valence-electron chi connectivity index (χ2n) is 9.49. The van der Waals surface area contributed by atoms with Gasteiger partial charge in [0.05, 0.1) is 26.7 Å². The molecule has 0 amide bonds. The number of halogens is 1. The van der Waals surface area contributed by atoms with Crippen molar-refractivity contribution in [2.24, 2.45) is 0 Å². The molecular formula is C26H55ClN+. The maximum absolute atomic E-state index is 6.01. The maximum Gasteiger partial charge on any atom is 0.0796 e. The Hall–Kier alpha value is 0.250. The van der Waals surface area contributed by atoms with Gasteiger partial charge in [-0.25, -0.2) is 0 Å². The van der Waals surface area contributed by atoms with E-state index in [0.29, 0.717) is 0 Å². The Morgan fingerprint density at radius 1 is 0.429 bits per heavy atom. The second-order valence-corrected chi connectivity index (χ2v) is 9.87. The highest BCUT2D eigenvalue weighted by Gasteiger charge is 2.19. The van der Waals surface area contributed by atoms with Crippen molar-refractivity contribution >= 4 is 11.6 Å². The van der Waals surface area contributed by atoms with Crippen LogP contribution >= 0.6 is 11.6 Å².